The fourth-order valence-electron chi connectivity index (χ4n) is 3.27. The quantitative estimate of drug-likeness (QED) is 0.712. The number of hydrogen-bond acceptors (Lipinski definition) is 5. The van der Waals surface area contributed by atoms with Crippen molar-refractivity contribution in [1.82, 2.24) is 25.5 Å². The molecular formula is C20H19FN6O2. The van der Waals surface area contributed by atoms with Crippen molar-refractivity contribution in [1.29, 1.82) is 0 Å². The topological polar surface area (TPSA) is 93.0 Å². The molecule has 0 spiro atoms. The van der Waals surface area contributed by atoms with Crippen LogP contribution in [0.25, 0.3) is 5.69 Å². The molecule has 0 radical (unpaired) electrons. The average Bonchev–Trinajstić information content (AvgIpc) is 3.34. The van der Waals surface area contributed by atoms with Crippen LogP contribution in [0.5, 0.6) is 0 Å². The molecule has 1 N–H and O–H groups in total. The van der Waals surface area contributed by atoms with Crippen molar-refractivity contribution in [2.24, 2.45) is 5.92 Å². The van der Waals surface area contributed by atoms with Gasteiger partial charge in [0.2, 0.25) is 11.8 Å². The van der Waals surface area contributed by atoms with Gasteiger partial charge in [0.25, 0.3) is 0 Å². The van der Waals surface area contributed by atoms with E-state index >= 15 is 0 Å². The molecular weight excluding hydrogens is 375 g/mol. The van der Waals surface area contributed by atoms with Crippen molar-refractivity contribution in [3.8, 4) is 5.69 Å². The normalized spacial score (nSPS) is 16.3. The second-order valence-electron chi connectivity index (χ2n) is 6.94. The summed E-state index contributed by atoms with van der Waals surface area (Å²) >= 11 is 0. The van der Waals surface area contributed by atoms with Crippen LogP contribution in [0.2, 0.25) is 0 Å². The van der Waals surface area contributed by atoms with Crippen molar-refractivity contribution in [3.63, 3.8) is 0 Å². The van der Waals surface area contributed by atoms with E-state index in [-0.39, 0.29) is 30.6 Å². The average molecular weight is 394 g/mol. The Labute approximate surface area is 166 Å². The number of halogens is 1. The summed E-state index contributed by atoms with van der Waals surface area (Å²) in [7, 11) is 0. The second kappa shape index (κ2) is 7.78. The van der Waals surface area contributed by atoms with Gasteiger partial charge in [0.05, 0.1) is 18.2 Å². The number of aromatic nitrogens is 4. The summed E-state index contributed by atoms with van der Waals surface area (Å²) in [5, 5.41) is 14.2. The molecule has 0 saturated carbocycles. The van der Waals surface area contributed by atoms with E-state index in [0.29, 0.717) is 18.1 Å². The lowest BCUT2D eigenvalue weighted by molar-refractivity contribution is -0.126. The Bertz CT molecular complexity index is 1030. The highest BCUT2D eigenvalue weighted by Crippen LogP contribution is 2.25. The standard InChI is InChI=1S/C20H19FN6O2/c1-13-2-6-16(7-3-13)26-12-14(10-19(26)28)20(29)22-11-18-23-24-25-27(18)17-8-4-15(21)5-9-17/h2-9,14H,10-12H2,1H3,(H,22,29). The number of nitrogens with one attached hydrogen (secondary N) is 1. The smallest absolute Gasteiger partial charge is 0.227 e. The SMILES string of the molecule is Cc1ccc(N2CC(C(=O)NCc3nnnn3-c3ccc(F)cc3)CC2=O)cc1. The number of amides is 2. The molecule has 4 rings (SSSR count). The van der Waals surface area contributed by atoms with E-state index in [1.165, 1.54) is 16.8 Å². The summed E-state index contributed by atoms with van der Waals surface area (Å²) in [4.78, 5) is 26.6. The number of carbonyl (C=O) groups is 2. The third kappa shape index (κ3) is 3.98. The maximum absolute atomic E-state index is 13.1. The summed E-state index contributed by atoms with van der Waals surface area (Å²) in [6.07, 6.45) is 0.155. The number of hydrogen-bond donors (Lipinski definition) is 1. The van der Waals surface area contributed by atoms with Crippen LogP contribution in [0, 0.1) is 18.7 Å². The molecule has 2 heterocycles. The summed E-state index contributed by atoms with van der Waals surface area (Å²) in [6, 6.07) is 13.3. The van der Waals surface area contributed by atoms with Crippen molar-refractivity contribution < 1.29 is 14.0 Å². The summed E-state index contributed by atoms with van der Waals surface area (Å²) < 4.78 is 14.5. The van der Waals surface area contributed by atoms with Gasteiger partial charge in [-0.1, -0.05) is 17.7 Å². The Kier molecular flexibility index (Phi) is 5.03. The first-order valence-electron chi connectivity index (χ1n) is 9.19. The second-order valence-corrected chi connectivity index (χ2v) is 6.94. The molecule has 1 fully saturated rings. The van der Waals surface area contributed by atoms with Crippen molar-refractivity contribution in [2.75, 3.05) is 11.4 Å². The number of rotatable bonds is 5. The molecule has 1 aliphatic heterocycles. The van der Waals surface area contributed by atoms with Gasteiger partial charge in [0.15, 0.2) is 5.82 Å². The van der Waals surface area contributed by atoms with Crippen LogP contribution in [-0.2, 0) is 16.1 Å². The Morgan fingerprint density at radius 3 is 2.55 bits per heavy atom. The van der Waals surface area contributed by atoms with E-state index in [1.54, 1.807) is 17.0 Å². The lowest BCUT2D eigenvalue weighted by Gasteiger charge is -2.17. The van der Waals surface area contributed by atoms with E-state index in [2.05, 4.69) is 20.8 Å². The van der Waals surface area contributed by atoms with Crippen molar-refractivity contribution in [2.45, 2.75) is 19.9 Å². The third-order valence-corrected chi connectivity index (χ3v) is 4.87. The Hall–Kier alpha value is -3.62. The molecule has 1 atom stereocenters. The number of nitrogens with zero attached hydrogens (tertiary/aromatic N) is 5. The van der Waals surface area contributed by atoms with E-state index in [0.717, 1.165) is 11.3 Å². The van der Waals surface area contributed by atoms with Crippen LogP contribution in [0.3, 0.4) is 0 Å². The first kappa shape index (κ1) is 18.7. The van der Waals surface area contributed by atoms with Crippen LogP contribution in [0.15, 0.2) is 48.5 Å². The first-order valence-corrected chi connectivity index (χ1v) is 9.19. The summed E-state index contributed by atoms with van der Waals surface area (Å²) in [5.41, 5.74) is 2.48. The zero-order chi connectivity index (χ0) is 20.4. The minimum atomic E-state index is -0.445. The Morgan fingerprint density at radius 2 is 1.83 bits per heavy atom. The Balaban J connectivity index is 1.40. The van der Waals surface area contributed by atoms with Gasteiger partial charge in [-0.25, -0.2) is 4.39 Å². The number of benzene rings is 2. The zero-order valence-corrected chi connectivity index (χ0v) is 15.7. The van der Waals surface area contributed by atoms with Gasteiger partial charge in [-0.15, -0.1) is 5.10 Å². The minimum Gasteiger partial charge on any atom is -0.348 e. The molecule has 0 bridgehead atoms. The number of carbonyl (C=O) groups excluding carboxylic acids is 2. The molecule has 8 nitrogen and oxygen atoms in total. The van der Waals surface area contributed by atoms with E-state index in [4.69, 9.17) is 0 Å². The molecule has 1 aliphatic rings. The number of tetrazole rings is 1. The first-order chi connectivity index (χ1) is 14.0. The predicted molar refractivity (Wildman–Crippen MR) is 103 cm³/mol. The van der Waals surface area contributed by atoms with Crippen LogP contribution in [-0.4, -0.2) is 38.6 Å². The molecule has 1 aromatic heterocycles. The molecule has 9 heteroatoms. The van der Waals surface area contributed by atoms with Crippen molar-refractivity contribution >= 4 is 17.5 Å². The molecule has 3 aromatic rings. The van der Waals surface area contributed by atoms with Crippen LogP contribution in [0.4, 0.5) is 10.1 Å². The largest absolute Gasteiger partial charge is 0.348 e. The number of anilines is 1. The highest BCUT2D eigenvalue weighted by Gasteiger charge is 2.35. The fraction of sp³-hybridized carbons (Fsp3) is 0.250. The van der Waals surface area contributed by atoms with E-state index in [1.807, 2.05) is 31.2 Å². The van der Waals surface area contributed by atoms with Gasteiger partial charge in [0, 0.05) is 18.7 Å². The molecule has 1 saturated heterocycles. The fourth-order valence-corrected chi connectivity index (χ4v) is 3.27. The van der Waals surface area contributed by atoms with Crippen molar-refractivity contribution in [3.05, 3.63) is 65.7 Å². The summed E-state index contributed by atoms with van der Waals surface area (Å²) in [5.74, 6) is -0.712. The van der Waals surface area contributed by atoms with Gasteiger partial charge in [-0.05, 0) is 53.7 Å². The van der Waals surface area contributed by atoms with E-state index < -0.39 is 5.92 Å². The molecule has 0 aliphatic carbocycles. The highest BCUT2D eigenvalue weighted by molar-refractivity contribution is 6.00. The number of aryl methyl sites for hydroxylation is 1. The summed E-state index contributed by atoms with van der Waals surface area (Å²) in [6.45, 7) is 2.40. The van der Waals surface area contributed by atoms with Gasteiger partial charge < -0.3 is 10.2 Å². The highest BCUT2D eigenvalue weighted by atomic mass is 19.1. The molecule has 1 unspecified atom stereocenters. The van der Waals surface area contributed by atoms with Gasteiger partial charge in [0.1, 0.15) is 5.82 Å². The maximum Gasteiger partial charge on any atom is 0.227 e. The molecule has 2 amide bonds. The lowest BCUT2D eigenvalue weighted by Crippen LogP contribution is -2.33. The molecule has 2 aromatic carbocycles. The molecule has 29 heavy (non-hydrogen) atoms. The maximum atomic E-state index is 13.1. The van der Waals surface area contributed by atoms with Crippen LogP contribution < -0.4 is 10.2 Å². The monoisotopic (exact) mass is 394 g/mol. The Morgan fingerprint density at radius 1 is 1.14 bits per heavy atom. The van der Waals surface area contributed by atoms with Gasteiger partial charge >= 0.3 is 0 Å². The zero-order valence-electron chi connectivity index (χ0n) is 15.7. The lowest BCUT2D eigenvalue weighted by atomic mass is 10.1. The van der Waals surface area contributed by atoms with Crippen LogP contribution >= 0.6 is 0 Å². The van der Waals surface area contributed by atoms with E-state index in [9.17, 15) is 14.0 Å². The molecule has 148 valence electrons. The predicted octanol–water partition coefficient (Wildman–Crippen LogP) is 1.78. The van der Waals surface area contributed by atoms with Gasteiger partial charge in [-0.2, -0.15) is 4.68 Å². The third-order valence-electron chi connectivity index (χ3n) is 4.87. The van der Waals surface area contributed by atoms with Crippen LogP contribution in [0.1, 0.15) is 17.8 Å². The van der Waals surface area contributed by atoms with Gasteiger partial charge in [-0.3, -0.25) is 9.59 Å². The minimum absolute atomic E-state index is 0.0786.